The molecule has 3 rings (SSSR count). The number of pyridine rings is 1. The molecule has 8 heteroatoms. The molecule has 0 radical (unpaired) electrons. The molecular weight excluding hydrogens is 294 g/mol. The lowest BCUT2D eigenvalue weighted by Crippen LogP contribution is -2.25. The number of aromatic nitrogens is 3. The van der Waals surface area contributed by atoms with E-state index in [2.05, 4.69) is 10.2 Å². The maximum absolute atomic E-state index is 11.4. The van der Waals surface area contributed by atoms with Crippen LogP contribution in [0.3, 0.4) is 0 Å². The maximum Gasteiger partial charge on any atom is 0.352 e. The van der Waals surface area contributed by atoms with E-state index < -0.39 is 15.8 Å². The number of carboxylic acids is 1. The minimum atomic E-state index is -2.90. The zero-order valence-corrected chi connectivity index (χ0v) is 12.1. The molecule has 0 atom stereocenters. The van der Waals surface area contributed by atoms with Gasteiger partial charge in [-0.25, -0.2) is 13.2 Å². The molecule has 0 spiro atoms. The Hall–Kier alpha value is -1.96. The highest BCUT2D eigenvalue weighted by Gasteiger charge is 2.25. The summed E-state index contributed by atoms with van der Waals surface area (Å²) in [7, 11) is -2.90. The lowest BCUT2D eigenvalue weighted by atomic mass is 9.98. The Morgan fingerprint density at radius 2 is 2.00 bits per heavy atom. The van der Waals surface area contributed by atoms with Crippen LogP contribution in [0.5, 0.6) is 0 Å². The van der Waals surface area contributed by atoms with Crippen LogP contribution in [0.15, 0.2) is 18.2 Å². The number of carbonyl (C=O) groups is 1. The molecule has 2 aromatic heterocycles. The van der Waals surface area contributed by atoms with Gasteiger partial charge in [-0.2, -0.15) is 0 Å². The lowest BCUT2D eigenvalue weighted by molar-refractivity contribution is 0.0688. The van der Waals surface area contributed by atoms with Gasteiger partial charge in [-0.3, -0.25) is 4.40 Å². The molecule has 112 valence electrons. The second kappa shape index (κ2) is 5.10. The van der Waals surface area contributed by atoms with Crippen molar-refractivity contribution in [3.05, 3.63) is 29.7 Å². The first-order valence-corrected chi connectivity index (χ1v) is 8.55. The Balaban J connectivity index is 1.90. The summed E-state index contributed by atoms with van der Waals surface area (Å²) in [5, 5.41) is 17.3. The highest BCUT2D eigenvalue weighted by molar-refractivity contribution is 7.91. The molecule has 1 aliphatic heterocycles. The summed E-state index contributed by atoms with van der Waals surface area (Å²) in [4.78, 5) is 11.3. The van der Waals surface area contributed by atoms with Crippen LogP contribution >= 0.6 is 0 Å². The number of hydrogen-bond acceptors (Lipinski definition) is 5. The number of rotatable bonds is 3. The molecule has 1 saturated heterocycles. The minimum Gasteiger partial charge on any atom is -0.477 e. The quantitative estimate of drug-likeness (QED) is 0.899. The summed E-state index contributed by atoms with van der Waals surface area (Å²) >= 11 is 0. The number of aromatic carboxylic acids is 1. The molecule has 1 aliphatic rings. The van der Waals surface area contributed by atoms with Gasteiger partial charge in [0.2, 0.25) is 0 Å². The summed E-state index contributed by atoms with van der Waals surface area (Å²) in [5.74, 6) is 0.128. The summed E-state index contributed by atoms with van der Waals surface area (Å²) < 4.78 is 24.4. The number of fused-ring (bicyclic) bond motifs is 1. The molecule has 21 heavy (non-hydrogen) atoms. The molecule has 0 aliphatic carbocycles. The smallest absolute Gasteiger partial charge is 0.352 e. The third kappa shape index (κ3) is 2.76. The van der Waals surface area contributed by atoms with Gasteiger partial charge < -0.3 is 5.11 Å². The van der Waals surface area contributed by atoms with Crippen molar-refractivity contribution in [1.29, 1.82) is 0 Å². The predicted octanol–water partition coefficient (Wildman–Crippen LogP) is 0.795. The van der Waals surface area contributed by atoms with E-state index in [0.29, 0.717) is 30.7 Å². The largest absolute Gasteiger partial charge is 0.477 e. The first kappa shape index (κ1) is 14.0. The Kier molecular flexibility index (Phi) is 3.40. The van der Waals surface area contributed by atoms with E-state index in [-0.39, 0.29) is 23.1 Å². The molecule has 2 aromatic rings. The van der Waals surface area contributed by atoms with Crippen molar-refractivity contribution in [2.24, 2.45) is 5.92 Å². The monoisotopic (exact) mass is 309 g/mol. The molecule has 0 saturated carbocycles. The zero-order valence-electron chi connectivity index (χ0n) is 11.3. The van der Waals surface area contributed by atoms with Gasteiger partial charge in [-0.15, -0.1) is 10.2 Å². The van der Waals surface area contributed by atoms with Gasteiger partial charge in [0, 0.05) is 6.42 Å². The fraction of sp³-hybridized carbons (Fsp3) is 0.462. The summed E-state index contributed by atoms with van der Waals surface area (Å²) in [6.45, 7) is 0. The van der Waals surface area contributed by atoms with Crippen LogP contribution in [-0.4, -0.2) is 45.6 Å². The number of carboxylic acid groups (broad SMARTS) is 1. The van der Waals surface area contributed by atoms with Crippen molar-refractivity contribution in [1.82, 2.24) is 14.6 Å². The van der Waals surface area contributed by atoms with Crippen LogP contribution in [0.1, 0.15) is 29.2 Å². The van der Waals surface area contributed by atoms with Crippen LogP contribution in [0.25, 0.3) is 5.65 Å². The highest BCUT2D eigenvalue weighted by Crippen LogP contribution is 2.23. The Morgan fingerprint density at radius 3 is 2.67 bits per heavy atom. The standard InChI is InChI=1S/C13H15N3O4S/c17-13(18)10-2-1-3-11-14-15-12(16(10)11)8-9-4-6-21(19,20)7-5-9/h1-3,9H,4-8H2,(H,17,18). The number of hydrogen-bond donors (Lipinski definition) is 1. The van der Waals surface area contributed by atoms with Crippen LogP contribution in [0, 0.1) is 5.92 Å². The second-order valence-corrected chi connectivity index (χ2v) is 7.63. The average Bonchev–Trinajstić information content (AvgIpc) is 2.84. The van der Waals surface area contributed by atoms with E-state index in [1.165, 1.54) is 10.5 Å². The fourth-order valence-corrected chi connectivity index (χ4v) is 4.29. The van der Waals surface area contributed by atoms with Crippen molar-refractivity contribution < 1.29 is 18.3 Å². The van der Waals surface area contributed by atoms with Gasteiger partial charge >= 0.3 is 5.97 Å². The Morgan fingerprint density at radius 1 is 1.29 bits per heavy atom. The fourth-order valence-electron chi connectivity index (χ4n) is 2.70. The van der Waals surface area contributed by atoms with Crippen LogP contribution < -0.4 is 0 Å². The Labute approximate surface area is 121 Å². The van der Waals surface area contributed by atoms with Crippen LogP contribution in [0.4, 0.5) is 0 Å². The van der Waals surface area contributed by atoms with Crippen molar-refractivity contribution >= 4 is 21.5 Å². The van der Waals surface area contributed by atoms with Crippen LogP contribution in [-0.2, 0) is 16.3 Å². The van der Waals surface area contributed by atoms with Gasteiger partial charge in [0.1, 0.15) is 21.4 Å². The third-order valence-corrected chi connectivity index (χ3v) is 5.58. The third-order valence-electron chi connectivity index (χ3n) is 3.86. The molecule has 1 fully saturated rings. The molecule has 0 unspecified atom stereocenters. The van der Waals surface area contributed by atoms with Gasteiger partial charge in [0.05, 0.1) is 11.5 Å². The van der Waals surface area contributed by atoms with Gasteiger partial charge in [0.15, 0.2) is 5.65 Å². The maximum atomic E-state index is 11.4. The molecule has 0 aromatic carbocycles. The summed E-state index contributed by atoms with van der Waals surface area (Å²) in [6, 6.07) is 4.84. The van der Waals surface area contributed by atoms with Crippen molar-refractivity contribution in [3.63, 3.8) is 0 Å². The SMILES string of the molecule is O=C(O)c1cccc2nnc(CC3CCS(=O)(=O)CC3)n12. The van der Waals surface area contributed by atoms with E-state index >= 15 is 0 Å². The number of sulfone groups is 1. The molecule has 0 bridgehead atoms. The van der Waals surface area contributed by atoms with E-state index in [1.54, 1.807) is 12.1 Å². The first-order chi connectivity index (χ1) is 9.96. The van der Waals surface area contributed by atoms with Gasteiger partial charge in [-0.05, 0) is 30.9 Å². The molecule has 3 heterocycles. The van der Waals surface area contributed by atoms with E-state index in [9.17, 15) is 18.3 Å². The molecule has 0 amide bonds. The molecular formula is C13H15N3O4S. The van der Waals surface area contributed by atoms with Gasteiger partial charge in [-0.1, -0.05) is 6.07 Å². The van der Waals surface area contributed by atoms with E-state index in [0.717, 1.165) is 0 Å². The molecule has 7 nitrogen and oxygen atoms in total. The normalized spacial score (nSPS) is 18.9. The minimum absolute atomic E-state index is 0.121. The number of nitrogens with zero attached hydrogens (tertiary/aromatic N) is 3. The highest BCUT2D eigenvalue weighted by atomic mass is 32.2. The average molecular weight is 309 g/mol. The van der Waals surface area contributed by atoms with E-state index in [4.69, 9.17) is 0 Å². The van der Waals surface area contributed by atoms with Crippen molar-refractivity contribution in [2.75, 3.05) is 11.5 Å². The summed E-state index contributed by atoms with van der Waals surface area (Å²) in [5.41, 5.74) is 0.615. The van der Waals surface area contributed by atoms with Crippen molar-refractivity contribution in [3.8, 4) is 0 Å². The van der Waals surface area contributed by atoms with Crippen molar-refractivity contribution in [2.45, 2.75) is 19.3 Å². The second-order valence-electron chi connectivity index (χ2n) is 5.33. The Bertz CT molecular complexity index is 783. The lowest BCUT2D eigenvalue weighted by Gasteiger charge is -2.21. The first-order valence-electron chi connectivity index (χ1n) is 6.73. The van der Waals surface area contributed by atoms with E-state index in [1.807, 2.05) is 0 Å². The van der Waals surface area contributed by atoms with Gasteiger partial charge in [0.25, 0.3) is 0 Å². The predicted molar refractivity (Wildman–Crippen MR) is 75.0 cm³/mol. The van der Waals surface area contributed by atoms with Crippen LogP contribution in [0.2, 0.25) is 0 Å². The topological polar surface area (TPSA) is 102 Å². The summed E-state index contributed by atoms with van der Waals surface area (Å²) in [6.07, 6.45) is 1.72. The zero-order chi connectivity index (χ0) is 15.0. The molecule has 1 N–H and O–H groups in total.